The summed E-state index contributed by atoms with van der Waals surface area (Å²) in [6.45, 7) is 4.76. The number of anilines is 2. The van der Waals surface area contributed by atoms with Crippen LogP contribution in [0.1, 0.15) is 46.2 Å². The normalized spacial score (nSPS) is 15.1. The molecule has 0 saturated heterocycles. The molecule has 8 nitrogen and oxygen atoms in total. The van der Waals surface area contributed by atoms with Gasteiger partial charge in [0.25, 0.3) is 17.7 Å². The summed E-state index contributed by atoms with van der Waals surface area (Å²) in [5.74, 6) is -0.370. The summed E-state index contributed by atoms with van der Waals surface area (Å²) in [5, 5.41) is 5.78. The standard InChI is InChI=1S/C28H30N4O4/c1-28(2,16-29)17-30-25(33)20-11-14-23-22(15-20)31-26(34)24(18-7-5-4-6-8-18)32(23)27(35)19-9-12-21(36-3)13-10-19/h4-15,24H,16-17,29H2,1-3H3,(H,30,33)(H,31,34). The molecule has 0 radical (unpaired) electrons. The Morgan fingerprint density at radius 3 is 2.33 bits per heavy atom. The van der Waals surface area contributed by atoms with Crippen molar-refractivity contribution < 1.29 is 19.1 Å². The summed E-state index contributed by atoms with van der Waals surface area (Å²) < 4.78 is 5.21. The van der Waals surface area contributed by atoms with Gasteiger partial charge in [0.05, 0.1) is 18.5 Å². The molecule has 0 bridgehead atoms. The first-order valence-corrected chi connectivity index (χ1v) is 11.7. The molecule has 1 heterocycles. The minimum Gasteiger partial charge on any atom is -0.497 e. The number of hydrogen-bond acceptors (Lipinski definition) is 5. The van der Waals surface area contributed by atoms with Crippen molar-refractivity contribution in [1.29, 1.82) is 0 Å². The Hall–Kier alpha value is -4.17. The smallest absolute Gasteiger partial charge is 0.259 e. The van der Waals surface area contributed by atoms with Crippen molar-refractivity contribution in [1.82, 2.24) is 5.32 Å². The van der Waals surface area contributed by atoms with Crippen LogP contribution in [0.3, 0.4) is 0 Å². The van der Waals surface area contributed by atoms with Gasteiger partial charge in [-0.05, 0) is 60.0 Å². The van der Waals surface area contributed by atoms with E-state index in [1.54, 1.807) is 49.6 Å². The number of carbonyl (C=O) groups is 3. The molecule has 4 rings (SSSR count). The van der Waals surface area contributed by atoms with Crippen molar-refractivity contribution in [3.63, 3.8) is 0 Å². The number of benzene rings is 3. The molecule has 4 N–H and O–H groups in total. The topological polar surface area (TPSA) is 114 Å². The quantitative estimate of drug-likeness (QED) is 0.471. The van der Waals surface area contributed by atoms with Gasteiger partial charge in [-0.15, -0.1) is 0 Å². The number of nitrogens with one attached hydrogen (secondary N) is 2. The van der Waals surface area contributed by atoms with Gasteiger partial charge in [0.2, 0.25) is 0 Å². The lowest BCUT2D eigenvalue weighted by molar-refractivity contribution is -0.117. The van der Waals surface area contributed by atoms with E-state index in [0.29, 0.717) is 46.9 Å². The van der Waals surface area contributed by atoms with Crippen molar-refractivity contribution in [3.8, 4) is 5.75 Å². The van der Waals surface area contributed by atoms with E-state index in [1.165, 1.54) is 4.90 Å². The summed E-state index contributed by atoms with van der Waals surface area (Å²) in [6.07, 6.45) is 0. The van der Waals surface area contributed by atoms with Gasteiger partial charge in [-0.2, -0.15) is 0 Å². The van der Waals surface area contributed by atoms with E-state index in [1.807, 2.05) is 44.2 Å². The van der Waals surface area contributed by atoms with E-state index in [4.69, 9.17) is 10.5 Å². The van der Waals surface area contributed by atoms with Crippen LogP contribution in [0.15, 0.2) is 72.8 Å². The molecule has 8 heteroatoms. The Labute approximate surface area is 210 Å². The molecule has 3 amide bonds. The second kappa shape index (κ2) is 10.2. The second-order valence-electron chi connectivity index (χ2n) is 9.49. The fourth-order valence-electron chi connectivity index (χ4n) is 3.97. The van der Waals surface area contributed by atoms with Crippen molar-refractivity contribution in [2.24, 2.45) is 11.1 Å². The van der Waals surface area contributed by atoms with Crippen molar-refractivity contribution in [3.05, 3.63) is 89.5 Å². The second-order valence-corrected chi connectivity index (χ2v) is 9.49. The third-order valence-electron chi connectivity index (χ3n) is 6.23. The van der Waals surface area contributed by atoms with E-state index >= 15 is 0 Å². The first kappa shape index (κ1) is 24.9. The van der Waals surface area contributed by atoms with Crippen molar-refractivity contribution in [2.75, 3.05) is 30.4 Å². The highest BCUT2D eigenvalue weighted by atomic mass is 16.5. The number of carbonyl (C=O) groups excluding carboxylic acids is 3. The lowest BCUT2D eigenvalue weighted by atomic mass is 9.94. The maximum atomic E-state index is 13.8. The van der Waals surface area contributed by atoms with Crippen LogP contribution in [0.2, 0.25) is 0 Å². The third kappa shape index (κ3) is 5.08. The average molecular weight is 487 g/mol. The number of nitrogens with zero attached hydrogens (tertiary/aromatic N) is 1. The van der Waals surface area contributed by atoms with Gasteiger partial charge < -0.3 is 21.1 Å². The molecule has 0 saturated carbocycles. The Morgan fingerprint density at radius 2 is 1.69 bits per heavy atom. The summed E-state index contributed by atoms with van der Waals surface area (Å²) in [4.78, 5) is 41.4. The van der Waals surface area contributed by atoms with Crippen LogP contribution in [0, 0.1) is 5.41 Å². The summed E-state index contributed by atoms with van der Waals surface area (Å²) in [7, 11) is 1.55. The lowest BCUT2D eigenvalue weighted by Crippen LogP contribution is -2.45. The molecule has 186 valence electrons. The van der Waals surface area contributed by atoms with Crippen LogP contribution < -0.4 is 26.0 Å². The average Bonchev–Trinajstić information content (AvgIpc) is 2.90. The first-order chi connectivity index (χ1) is 17.2. The van der Waals surface area contributed by atoms with Crippen molar-refractivity contribution >= 4 is 29.1 Å². The molecule has 1 aliphatic rings. The largest absolute Gasteiger partial charge is 0.497 e. The lowest BCUT2D eigenvalue weighted by Gasteiger charge is -2.37. The van der Waals surface area contributed by atoms with E-state index in [9.17, 15) is 14.4 Å². The van der Waals surface area contributed by atoms with Crippen LogP contribution >= 0.6 is 0 Å². The zero-order valence-corrected chi connectivity index (χ0v) is 20.6. The van der Waals surface area contributed by atoms with E-state index in [2.05, 4.69) is 10.6 Å². The predicted molar refractivity (Wildman–Crippen MR) is 139 cm³/mol. The van der Waals surface area contributed by atoms with Crippen molar-refractivity contribution in [2.45, 2.75) is 19.9 Å². The van der Waals surface area contributed by atoms with Crippen LogP contribution in [-0.4, -0.2) is 37.9 Å². The van der Waals surface area contributed by atoms with Gasteiger partial charge >= 0.3 is 0 Å². The van der Waals surface area contributed by atoms with Crippen LogP contribution in [-0.2, 0) is 4.79 Å². The third-order valence-corrected chi connectivity index (χ3v) is 6.23. The SMILES string of the molecule is COc1ccc(C(=O)N2c3ccc(C(=O)NCC(C)(C)CN)cc3NC(=O)C2c2ccccc2)cc1. The Morgan fingerprint density at radius 1 is 1.03 bits per heavy atom. The molecular formula is C28H30N4O4. The van der Waals surface area contributed by atoms with Gasteiger partial charge in [0, 0.05) is 17.7 Å². The van der Waals surface area contributed by atoms with Gasteiger partial charge in [-0.1, -0.05) is 44.2 Å². The molecule has 3 aromatic rings. The number of methoxy groups -OCH3 is 1. The monoisotopic (exact) mass is 486 g/mol. The fourth-order valence-corrected chi connectivity index (χ4v) is 3.97. The Kier molecular flexibility index (Phi) is 7.07. The molecule has 0 aromatic heterocycles. The maximum Gasteiger partial charge on any atom is 0.259 e. The summed E-state index contributed by atoms with van der Waals surface area (Å²) >= 11 is 0. The Balaban J connectivity index is 1.73. The minimum absolute atomic E-state index is 0.247. The molecule has 1 unspecified atom stereocenters. The Bertz CT molecular complexity index is 1270. The number of ether oxygens (including phenoxy) is 1. The number of hydrogen-bond donors (Lipinski definition) is 3. The van der Waals surface area contributed by atoms with E-state index in [-0.39, 0.29) is 23.1 Å². The summed E-state index contributed by atoms with van der Waals surface area (Å²) in [5.41, 5.74) is 7.86. The molecule has 1 atom stereocenters. The maximum absolute atomic E-state index is 13.8. The number of amides is 3. The molecule has 0 fully saturated rings. The molecule has 3 aromatic carbocycles. The highest BCUT2D eigenvalue weighted by molar-refractivity contribution is 6.17. The van der Waals surface area contributed by atoms with E-state index in [0.717, 1.165) is 0 Å². The molecule has 0 spiro atoms. The van der Waals surface area contributed by atoms with Crippen LogP contribution in [0.5, 0.6) is 5.75 Å². The molecular weight excluding hydrogens is 456 g/mol. The van der Waals surface area contributed by atoms with Gasteiger partial charge in [0.15, 0.2) is 0 Å². The molecule has 1 aliphatic heterocycles. The number of fused-ring (bicyclic) bond motifs is 1. The summed E-state index contributed by atoms with van der Waals surface area (Å²) in [6, 6.07) is 19.9. The predicted octanol–water partition coefficient (Wildman–Crippen LogP) is 3.75. The van der Waals surface area contributed by atoms with Crippen LogP contribution in [0.25, 0.3) is 0 Å². The van der Waals surface area contributed by atoms with Gasteiger partial charge in [-0.25, -0.2) is 0 Å². The number of rotatable bonds is 7. The van der Waals surface area contributed by atoms with Gasteiger partial charge in [0.1, 0.15) is 11.8 Å². The fraction of sp³-hybridized carbons (Fsp3) is 0.250. The zero-order valence-electron chi connectivity index (χ0n) is 20.6. The van der Waals surface area contributed by atoms with E-state index < -0.39 is 6.04 Å². The minimum atomic E-state index is -0.877. The van der Waals surface area contributed by atoms with Crippen LogP contribution in [0.4, 0.5) is 11.4 Å². The van der Waals surface area contributed by atoms with Gasteiger partial charge in [-0.3, -0.25) is 19.3 Å². The molecule has 36 heavy (non-hydrogen) atoms. The number of nitrogens with two attached hydrogens (primary N) is 1. The molecule has 0 aliphatic carbocycles. The highest BCUT2D eigenvalue weighted by Gasteiger charge is 2.38. The first-order valence-electron chi connectivity index (χ1n) is 11.7. The highest BCUT2D eigenvalue weighted by Crippen LogP contribution is 2.40. The zero-order chi connectivity index (χ0) is 25.9.